The topological polar surface area (TPSA) is 49.7 Å². The molecule has 2 aromatic rings. The van der Waals surface area contributed by atoms with Crippen molar-refractivity contribution in [3.63, 3.8) is 0 Å². The Bertz CT molecular complexity index is 1070. The first-order valence-electron chi connectivity index (χ1n) is 10.4. The van der Waals surface area contributed by atoms with Gasteiger partial charge in [-0.05, 0) is 36.4 Å². The van der Waals surface area contributed by atoms with Gasteiger partial charge in [-0.15, -0.1) is 23.2 Å². The molecule has 0 radical (unpaired) electrons. The first-order valence-corrected chi connectivity index (χ1v) is 11.9. The molecule has 0 amide bonds. The molecule has 0 saturated heterocycles. The molecule has 7 heteroatoms. The van der Waals surface area contributed by atoms with Gasteiger partial charge in [-0.3, -0.25) is 0 Å². The highest BCUT2D eigenvalue weighted by Gasteiger charge is 2.42. The fraction of sp³-hybridized carbons (Fsp3) is 0.231. The summed E-state index contributed by atoms with van der Waals surface area (Å²) >= 11 is 26.6. The summed E-state index contributed by atoms with van der Waals surface area (Å²) < 4.78 is 6.12. The smallest absolute Gasteiger partial charge is 0.120 e. The van der Waals surface area contributed by atoms with Crippen molar-refractivity contribution in [2.45, 2.75) is 9.75 Å². The summed E-state index contributed by atoms with van der Waals surface area (Å²) in [5, 5.41) is 21.8. The molecule has 172 valence electrons. The SMILES string of the molecule is Oc1ccccc1C1(Cl)C=C(Cl)C=CC1COCC1C=CC(Cl)=CC1(Cl)c1ccccc1O. The lowest BCUT2D eigenvalue weighted by Crippen LogP contribution is -2.35. The number of rotatable bonds is 6. The van der Waals surface area contributed by atoms with Gasteiger partial charge >= 0.3 is 0 Å². The predicted octanol–water partition coefficient (Wildman–Crippen LogP) is 7.30. The zero-order chi connectivity index (χ0) is 23.6. The van der Waals surface area contributed by atoms with Crippen LogP contribution in [-0.2, 0) is 14.5 Å². The van der Waals surface area contributed by atoms with E-state index in [0.29, 0.717) is 21.2 Å². The van der Waals surface area contributed by atoms with Crippen LogP contribution in [0.5, 0.6) is 11.5 Å². The molecule has 0 fully saturated rings. The maximum absolute atomic E-state index is 10.4. The van der Waals surface area contributed by atoms with Crippen molar-refractivity contribution < 1.29 is 14.9 Å². The third kappa shape index (κ3) is 4.84. The predicted molar refractivity (Wildman–Crippen MR) is 135 cm³/mol. The minimum atomic E-state index is -1.07. The number of aromatic hydroxyl groups is 2. The molecule has 2 aliphatic carbocycles. The van der Waals surface area contributed by atoms with Crippen molar-refractivity contribution in [3.8, 4) is 11.5 Å². The standard InChI is InChI=1S/C26H22Cl4O3/c27-19-11-9-17(25(29,13-19)21-5-1-3-7-23(21)31)15-33-16-18-10-12-20(28)14-26(18,30)22-6-2-4-8-24(22)32/h1-14,17-18,31-32H,15-16H2. The van der Waals surface area contributed by atoms with E-state index in [2.05, 4.69) is 0 Å². The summed E-state index contributed by atoms with van der Waals surface area (Å²) in [4.78, 5) is -2.14. The lowest BCUT2D eigenvalue weighted by Gasteiger charge is -2.36. The lowest BCUT2D eigenvalue weighted by atomic mass is 9.81. The summed E-state index contributed by atoms with van der Waals surface area (Å²) in [5.41, 5.74) is 1.10. The zero-order valence-corrected chi connectivity index (χ0v) is 20.5. The molecule has 4 rings (SSSR count). The van der Waals surface area contributed by atoms with Gasteiger partial charge in [0.15, 0.2) is 0 Å². The van der Waals surface area contributed by atoms with Crippen LogP contribution in [0, 0.1) is 11.8 Å². The van der Waals surface area contributed by atoms with Gasteiger partial charge in [-0.2, -0.15) is 0 Å². The van der Waals surface area contributed by atoms with Crippen LogP contribution in [0.4, 0.5) is 0 Å². The number of halogens is 4. The van der Waals surface area contributed by atoms with Crippen molar-refractivity contribution in [1.82, 2.24) is 0 Å². The lowest BCUT2D eigenvalue weighted by molar-refractivity contribution is 0.0783. The normalized spacial score (nSPS) is 29.0. The summed E-state index contributed by atoms with van der Waals surface area (Å²) in [6.45, 7) is 0.509. The minimum Gasteiger partial charge on any atom is -0.508 e. The highest BCUT2D eigenvalue weighted by Crippen LogP contribution is 2.48. The number of allylic oxidation sites excluding steroid dienone is 6. The van der Waals surface area contributed by atoms with E-state index >= 15 is 0 Å². The zero-order valence-electron chi connectivity index (χ0n) is 17.5. The number of alkyl halides is 2. The fourth-order valence-corrected chi connectivity index (χ4v) is 5.66. The molecule has 4 atom stereocenters. The maximum Gasteiger partial charge on any atom is 0.120 e. The highest BCUT2D eigenvalue weighted by molar-refractivity contribution is 6.34. The molecule has 0 bridgehead atoms. The van der Waals surface area contributed by atoms with E-state index in [9.17, 15) is 10.2 Å². The molecule has 33 heavy (non-hydrogen) atoms. The Morgan fingerprint density at radius 2 is 1.09 bits per heavy atom. The fourth-order valence-electron chi connectivity index (χ4n) is 4.23. The second-order valence-corrected chi connectivity index (χ2v) is 10.2. The van der Waals surface area contributed by atoms with Crippen LogP contribution in [0.25, 0.3) is 0 Å². The molecule has 0 aromatic heterocycles. The average molecular weight is 524 g/mol. The Morgan fingerprint density at radius 3 is 1.48 bits per heavy atom. The van der Waals surface area contributed by atoms with Gasteiger partial charge in [0, 0.05) is 33.0 Å². The Kier molecular flexibility index (Phi) is 7.18. The summed E-state index contributed by atoms with van der Waals surface area (Å²) in [6, 6.07) is 13.8. The van der Waals surface area contributed by atoms with Gasteiger partial charge in [0.2, 0.25) is 0 Å². The third-order valence-corrected chi connectivity index (χ3v) is 7.64. The van der Waals surface area contributed by atoms with Crippen LogP contribution in [0.2, 0.25) is 0 Å². The Balaban J connectivity index is 1.54. The van der Waals surface area contributed by atoms with Crippen LogP contribution < -0.4 is 0 Å². The van der Waals surface area contributed by atoms with Gasteiger partial charge in [0.05, 0.1) is 13.2 Å². The van der Waals surface area contributed by atoms with Crippen LogP contribution >= 0.6 is 46.4 Å². The first-order chi connectivity index (χ1) is 15.7. The Labute approximate surface area is 213 Å². The number of hydrogen-bond acceptors (Lipinski definition) is 3. The van der Waals surface area contributed by atoms with Crippen molar-refractivity contribution in [1.29, 1.82) is 0 Å². The summed E-state index contributed by atoms with van der Waals surface area (Å²) in [6.07, 6.45) is 10.7. The van der Waals surface area contributed by atoms with E-state index in [1.807, 2.05) is 24.3 Å². The number of benzene rings is 2. The third-order valence-electron chi connectivity index (χ3n) is 5.98. The van der Waals surface area contributed by atoms with Crippen molar-refractivity contribution >= 4 is 46.4 Å². The average Bonchev–Trinajstić information content (AvgIpc) is 2.77. The molecule has 2 N–H and O–H groups in total. The molecule has 0 spiro atoms. The van der Waals surface area contributed by atoms with E-state index < -0.39 is 9.75 Å². The second-order valence-electron chi connectivity index (χ2n) is 8.10. The second kappa shape index (κ2) is 9.77. The summed E-state index contributed by atoms with van der Waals surface area (Å²) in [7, 11) is 0. The molecular weight excluding hydrogens is 502 g/mol. The Morgan fingerprint density at radius 1 is 0.697 bits per heavy atom. The molecule has 3 nitrogen and oxygen atoms in total. The first kappa shape index (κ1) is 24.3. The quantitative estimate of drug-likeness (QED) is 0.390. The maximum atomic E-state index is 10.4. The van der Waals surface area contributed by atoms with Gasteiger partial charge < -0.3 is 14.9 Å². The van der Waals surface area contributed by atoms with Gasteiger partial charge in [0.25, 0.3) is 0 Å². The largest absolute Gasteiger partial charge is 0.508 e. The molecule has 2 aliphatic rings. The molecule has 0 heterocycles. The van der Waals surface area contributed by atoms with E-state index in [0.717, 1.165) is 0 Å². The molecule has 0 saturated carbocycles. The van der Waals surface area contributed by atoms with E-state index in [4.69, 9.17) is 51.1 Å². The van der Waals surface area contributed by atoms with Crippen LogP contribution in [0.15, 0.2) is 95.1 Å². The minimum absolute atomic E-state index is 0.0860. The number of hydrogen-bond donors (Lipinski definition) is 2. The van der Waals surface area contributed by atoms with Crippen LogP contribution in [0.3, 0.4) is 0 Å². The number of phenols is 2. The number of para-hydroxylation sites is 2. The Hall–Kier alpha value is -1.88. The van der Waals surface area contributed by atoms with E-state index in [-0.39, 0.29) is 36.5 Å². The van der Waals surface area contributed by atoms with E-state index in [1.165, 1.54) is 0 Å². The molecule has 2 aromatic carbocycles. The van der Waals surface area contributed by atoms with Crippen molar-refractivity contribution in [2.75, 3.05) is 13.2 Å². The van der Waals surface area contributed by atoms with Crippen molar-refractivity contribution in [3.05, 3.63) is 106 Å². The van der Waals surface area contributed by atoms with Crippen molar-refractivity contribution in [2.24, 2.45) is 11.8 Å². The number of phenolic OH excluding ortho intramolecular Hbond substituents is 2. The monoisotopic (exact) mass is 522 g/mol. The number of ether oxygens (including phenoxy) is 1. The van der Waals surface area contributed by atoms with E-state index in [1.54, 1.807) is 60.7 Å². The highest BCUT2D eigenvalue weighted by atomic mass is 35.5. The molecular formula is C26H22Cl4O3. The van der Waals surface area contributed by atoms with Gasteiger partial charge in [-0.25, -0.2) is 0 Å². The molecule has 0 aliphatic heterocycles. The van der Waals surface area contributed by atoms with Gasteiger partial charge in [0.1, 0.15) is 21.2 Å². The molecule has 4 unspecified atom stereocenters. The van der Waals surface area contributed by atoms with Gasteiger partial charge in [-0.1, -0.05) is 71.8 Å². The van der Waals surface area contributed by atoms with Crippen LogP contribution in [-0.4, -0.2) is 23.4 Å². The summed E-state index contributed by atoms with van der Waals surface area (Å²) in [5.74, 6) is -0.418. The van der Waals surface area contributed by atoms with Crippen LogP contribution in [0.1, 0.15) is 11.1 Å².